The summed E-state index contributed by atoms with van der Waals surface area (Å²) >= 11 is 0. The number of nitrogens with one attached hydrogen (secondary N) is 1. The summed E-state index contributed by atoms with van der Waals surface area (Å²) in [5.74, 6) is -0.0562. The summed E-state index contributed by atoms with van der Waals surface area (Å²) in [6.07, 6.45) is -1.82. The van der Waals surface area contributed by atoms with Gasteiger partial charge in [0.1, 0.15) is 11.5 Å². The maximum Gasteiger partial charge on any atom is 0.471 e. The molecule has 0 aromatic heterocycles. The van der Waals surface area contributed by atoms with Crippen LogP contribution in [-0.4, -0.2) is 57.4 Å². The van der Waals surface area contributed by atoms with Crippen LogP contribution in [0.4, 0.5) is 13.2 Å². The van der Waals surface area contributed by atoms with Gasteiger partial charge in [0.15, 0.2) is 0 Å². The highest BCUT2D eigenvalue weighted by atomic mass is 19.4. The van der Waals surface area contributed by atoms with Crippen molar-refractivity contribution in [2.24, 2.45) is 0 Å². The number of benzene rings is 2. The molecule has 2 aliphatic rings. The molecule has 2 heterocycles. The van der Waals surface area contributed by atoms with Gasteiger partial charge in [-0.25, -0.2) is 0 Å². The number of alkyl halides is 3. The molecule has 2 aromatic carbocycles. The third kappa shape index (κ3) is 5.73. The largest absolute Gasteiger partial charge is 0.496 e. The van der Waals surface area contributed by atoms with E-state index in [-0.39, 0.29) is 13.1 Å². The van der Waals surface area contributed by atoms with Crippen LogP contribution in [0.2, 0.25) is 0 Å². The Labute approximate surface area is 186 Å². The number of ether oxygens (including phenoxy) is 2. The van der Waals surface area contributed by atoms with Crippen LogP contribution >= 0.6 is 0 Å². The molecule has 32 heavy (non-hydrogen) atoms. The van der Waals surface area contributed by atoms with Crippen LogP contribution in [0.25, 0.3) is 0 Å². The monoisotopic (exact) mass is 450 g/mol. The predicted molar refractivity (Wildman–Crippen MR) is 116 cm³/mol. The van der Waals surface area contributed by atoms with E-state index in [1.165, 1.54) is 18.2 Å². The lowest BCUT2D eigenvalue weighted by atomic mass is 10.0. The minimum Gasteiger partial charge on any atom is -0.496 e. The fourth-order valence-electron chi connectivity index (χ4n) is 4.20. The Bertz CT molecular complexity index is 931. The van der Waals surface area contributed by atoms with Crippen LogP contribution in [0.5, 0.6) is 11.5 Å². The fraction of sp³-hybridized carbons (Fsp3) is 0.458. The van der Waals surface area contributed by atoms with Crippen molar-refractivity contribution in [3.63, 3.8) is 0 Å². The Balaban J connectivity index is 0.000000193. The van der Waals surface area contributed by atoms with Crippen molar-refractivity contribution < 1.29 is 27.4 Å². The molecule has 0 aliphatic carbocycles. The van der Waals surface area contributed by atoms with E-state index in [2.05, 4.69) is 17.4 Å². The molecule has 0 atom stereocenters. The Hall–Kier alpha value is -2.74. The van der Waals surface area contributed by atoms with Gasteiger partial charge in [-0.1, -0.05) is 24.3 Å². The predicted octanol–water partition coefficient (Wildman–Crippen LogP) is 3.57. The Morgan fingerprint density at radius 2 is 1.38 bits per heavy atom. The summed E-state index contributed by atoms with van der Waals surface area (Å²) in [5.41, 5.74) is 4.65. The smallest absolute Gasteiger partial charge is 0.471 e. The lowest BCUT2D eigenvalue weighted by Gasteiger charge is -2.21. The van der Waals surface area contributed by atoms with Crippen molar-refractivity contribution in [2.45, 2.75) is 31.9 Å². The molecule has 2 aliphatic heterocycles. The molecule has 1 N–H and O–H groups in total. The zero-order chi connectivity index (χ0) is 23.1. The third-order valence-corrected chi connectivity index (χ3v) is 5.84. The van der Waals surface area contributed by atoms with Crippen LogP contribution in [0.1, 0.15) is 22.3 Å². The van der Waals surface area contributed by atoms with Gasteiger partial charge in [-0.3, -0.25) is 4.79 Å². The van der Waals surface area contributed by atoms with Gasteiger partial charge in [0.05, 0.1) is 14.2 Å². The molecule has 0 spiro atoms. The van der Waals surface area contributed by atoms with E-state index in [0.29, 0.717) is 18.6 Å². The van der Waals surface area contributed by atoms with Gasteiger partial charge in [-0.05, 0) is 73.2 Å². The van der Waals surface area contributed by atoms with Gasteiger partial charge in [-0.2, -0.15) is 13.2 Å². The van der Waals surface area contributed by atoms with Crippen LogP contribution in [-0.2, 0) is 30.5 Å². The average molecular weight is 451 g/mol. The van der Waals surface area contributed by atoms with Gasteiger partial charge >= 0.3 is 12.1 Å². The summed E-state index contributed by atoms with van der Waals surface area (Å²) in [4.78, 5) is 12.1. The first-order valence-corrected chi connectivity index (χ1v) is 10.7. The fourth-order valence-corrected chi connectivity index (χ4v) is 4.20. The number of hydrogen-bond donors (Lipinski definition) is 1. The van der Waals surface area contributed by atoms with E-state index < -0.39 is 12.1 Å². The number of methoxy groups -OCH3 is 2. The van der Waals surface area contributed by atoms with Crippen LogP contribution in [0.15, 0.2) is 36.4 Å². The summed E-state index contributed by atoms with van der Waals surface area (Å²) in [5, 5.41) is 3.39. The molecule has 174 valence electrons. The standard InChI is InChI=1S/C13H14F3NO2.C11H15NO/c1-19-11-4-2-3-9-5-7-17(8-6-10(9)11)12(18)13(14,15)16;1-13-11-4-2-3-9-5-7-12-8-6-10(9)11/h2-4H,5-8H2,1H3;2-4,12H,5-8H2,1H3. The highest BCUT2D eigenvalue weighted by molar-refractivity contribution is 5.82. The molecule has 0 bridgehead atoms. The number of halogens is 3. The van der Waals surface area contributed by atoms with E-state index in [4.69, 9.17) is 9.47 Å². The first-order chi connectivity index (χ1) is 15.3. The number of fused-ring (bicyclic) bond motifs is 2. The second kappa shape index (κ2) is 10.7. The first-order valence-electron chi connectivity index (χ1n) is 10.7. The van der Waals surface area contributed by atoms with Gasteiger partial charge in [0.2, 0.25) is 0 Å². The molecule has 4 rings (SSSR count). The van der Waals surface area contributed by atoms with E-state index in [0.717, 1.165) is 47.7 Å². The molecular weight excluding hydrogens is 421 g/mol. The van der Waals surface area contributed by atoms with Crippen LogP contribution in [0, 0.1) is 0 Å². The molecule has 0 unspecified atom stereocenters. The molecule has 5 nitrogen and oxygen atoms in total. The SMILES string of the molecule is COc1cccc2c1CCN(C(=O)C(F)(F)F)CC2.COc1cccc2c1CCNCC2. The van der Waals surface area contributed by atoms with E-state index >= 15 is 0 Å². The number of carbonyl (C=O) groups is 1. The average Bonchev–Trinajstić information content (AvgIpc) is 3.16. The number of nitrogens with zero attached hydrogens (tertiary/aromatic N) is 1. The Morgan fingerprint density at radius 3 is 1.97 bits per heavy atom. The third-order valence-electron chi connectivity index (χ3n) is 5.84. The summed E-state index contributed by atoms with van der Waals surface area (Å²) in [7, 11) is 3.27. The maximum atomic E-state index is 12.4. The van der Waals surface area contributed by atoms with E-state index in [1.54, 1.807) is 19.2 Å². The zero-order valence-electron chi connectivity index (χ0n) is 18.4. The summed E-state index contributed by atoms with van der Waals surface area (Å²) in [6, 6.07) is 11.8. The van der Waals surface area contributed by atoms with Crippen molar-refractivity contribution in [1.29, 1.82) is 0 Å². The second-order valence-corrected chi connectivity index (χ2v) is 7.74. The summed E-state index contributed by atoms with van der Waals surface area (Å²) < 4.78 is 47.8. The van der Waals surface area contributed by atoms with E-state index in [1.807, 2.05) is 12.1 Å². The molecule has 1 amide bonds. The minimum absolute atomic E-state index is 0.0612. The number of amides is 1. The quantitative estimate of drug-likeness (QED) is 0.760. The first kappa shape index (κ1) is 23.9. The number of rotatable bonds is 2. The molecule has 8 heteroatoms. The van der Waals surface area contributed by atoms with Crippen molar-refractivity contribution in [1.82, 2.24) is 10.2 Å². The highest BCUT2D eigenvalue weighted by Crippen LogP contribution is 2.28. The normalized spacial score (nSPS) is 15.8. The van der Waals surface area contributed by atoms with Crippen molar-refractivity contribution in [3.8, 4) is 11.5 Å². The van der Waals surface area contributed by atoms with Gasteiger partial charge in [0, 0.05) is 13.1 Å². The Kier molecular flexibility index (Phi) is 8.01. The van der Waals surface area contributed by atoms with Crippen molar-refractivity contribution in [3.05, 3.63) is 58.7 Å². The zero-order valence-corrected chi connectivity index (χ0v) is 18.4. The molecule has 0 saturated carbocycles. The second-order valence-electron chi connectivity index (χ2n) is 7.74. The molecule has 0 saturated heterocycles. The lowest BCUT2D eigenvalue weighted by molar-refractivity contribution is -0.185. The van der Waals surface area contributed by atoms with Crippen LogP contribution in [0.3, 0.4) is 0 Å². The highest BCUT2D eigenvalue weighted by Gasteiger charge is 2.42. The number of hydrogen-bond acceptors (Lipinski definition) is 4. The van der Waals surface area contributed by atoms with Crippen LogP contribution < -0.4 is 14.8 Å². The molecule has 0 radical (unpaired) electrons. The number of carbonyl (C=O) groups excluding carboxylic acids is 1. The lowest BCUT2D eigenvalue weighted by Crippen LogP contribution is -2.42. The van der Waals surface area contributed by atoms with Gasteiger partial charge < -0.3 is 19.7 Å². The van der Waals surface area contributed by atoms with Gasteiger partial charge in [-0.15, -0.1) is 0 Å². The molecular formula is C24H29F3N2O3. The van der Waals surface area contributed by atoms with E-state index in [9.17, 15) is 18.0 Å². The summed E-state index contributed by atoms with van der Waals surface area (Å²) in [6.45, 7) is 2.29. The maximum absolute atomic E-state index is 12.4. The van der Waals surface area contributed by atoms with Crippen molar-refractivity contribution >= 4 is 5.91 Å². The van der Waals surface area contributed by atoms with Crippen molar-refractivity contribution in [2.75, 3.05) is 40.4 Å². The Morgan fingerprint density at radius 1 is 0.844 bits per heavy atom. The molecule has 0 fully saturated rings. The molecule has 2 aromatic rings. The van der Waals surface area contributed by atoms with Gasteiger partial charge in [0.25, 0.3) is 0 Å². The topological polar surface area (TPSA) is 50.8 Å². The minimum atomic E-state index is -4.80.